The molecule has 1 aliphatic heterocycles. The van der Waals surface area contributed by atoms with Crippen molar-refractivity contribution in [2.45, 2.75) is 6.04 Å². The monoisotopic (exact) mass is 419 g/mol. The SMILES string of the molecule is COc1ccc([C@@H]2C(=C(O)c3ccccc3)C(=O)C(=O)N2c2cccc(Cl)c2)cc1. The summed E-state index contributed by atoms with van der Waals surface area (Å²) in [6.07, 6.45) is 0. The topological polar surface area (TPSA) is 66.8 Å². The van der Waals surface area contributed by atoms with Crippen molar-refractivity contribution >= 4 is 34.7 Å². The molecule has 3 aromatic carbocycles. The van der Waals surface area contributed by atoms with Crippen molar-refractivity contribution in [3.8, 4) is 5.75 Å². The van der Waals surface area contributed by atoms with Crippen molar-refractivity contribution in [1.82, 2.24) is 0 Å². The third kappa shape index (κ3) is 3.44. The van der Waals surface area contributed by atoms with Gasteiger partial charge in [-0.15, -0.1) is 0 Å². The first kappa shape index (κ1) is 19.7. The van der Waals surface area contributed by atoms with Crippen LogP contribution >= 0.6 is 11.6 Å². The van der Waals surface area contributed by atoms with Crippen molar-refractivity contribution in [1.29, 1.82) is 0 Å². The summed E-state index contributed by atoms with van der Waals surface area (Å²) >= 11 is 6.13. The molecule has 1 atom stereocenters. The quantitative estimate of drug-likeness (QED) is 0.368. The van der Waals surface area contributed by atoms with Gasteiger partial charge < -0.3 is 9.84 Å². The molecule has 1 aliphatic rings. The Morgan fingerprint density at radius 2 is 1.67 bits per heavy atom. The Morgan fingerprint density at radius 3 is 2.30 bits per heavy atom. The maximum atomic E-state index is 13.0. The number of Topliss-reactive ketones (excluding diaryl/α,β-unsaturated/α-hetero) is 1. The number of hydrogen-bond acceptors (Lipinski definition) is 4. The van der Waals surface area contributed by atoms with Gasteiger partial charge in [0.15, 0.2) is 0 Å². The number of rotatable bonds is 4. The van der Waals surface area contributed by atoms with Gasteiger partial charge in [-0.25, -0.2) is 0 Å². The number of methoxy groups -OCH3 is 1. The lowest BCUT2D eigenvalue weighted by Gasteiger charge is -2.25. The average Bonchev–Trinajstić information content (AvgIpc) is 3.04. The molecular weight excluding hydrogens is 402 g/mol. The summed E-state index contributed by atoms with van der Waals surface area (Å²) in [6, 6.07) is 21.6. The number of carbonyl (C=O) groups is 2. The van der Waals surface area contributed by atoms with Crippen LogP contribution < -0.4 is 9.64 Å². The average molecular weight is 420 g/mol. The van der Waals surface area contributed by atoms with Crippen LogP contribution in [0.2, 0.25) is 5.02 Å². The molecule has 4 rings (SSSR count). The van der Waals surface area contributed by atoms with Crippen molar-refractivity contribution in [3.63, 3.8) is 0 Å². The molecule has 3 aromatic rings. The molecule has 0 aromatic heterocycles. The summed E-state index contributed by atoms with van der Waals surface area (Å²) in [5, 5.41) is 11.4. The van der Waals surface area contributed by atoms with E-state index < -0.39 is 17.7 Å². The van der Waals surface area contributed by atoms with Gasteiger partial charge in [0, 0.05) is 16.3 Å². The lowest BCUT2D eigenvalue weighted by Crippen LogP contribution is -2.29. The van der Waals surface area contributed by atoms with E-state index in [9.17, 15) is 14.7 Å². The second kappa shape index (κ2) is 8.05. The van der Waals surface area contributed by atoms with Gasteiger partial charge in [-0.1, -0.05) is 60.1 Å². The van der Waals surface area contributed by atoms with Crippen LogP contribution in [-0.2, 0) is 9.59 Å². The predicted molar refractivity (Wildman–Crippen MR) is 116 cm³/mol. The van der Waals surface area contributed by atoms with E-state index >= 15 is 0 Å². The van der Waals surface area contributed by atoms with Gasteiger partial charge in [0.25, 0.3) is 11.7 Å². The molecular formula is C24H18ClNO4. The Bertz CT molecular complexity index is 1140. The van der Waals surface area contributed by atoms with Gasteiger partial charge in [-0.3, -0.25) is 14.5 Å². The summed E-state index contributed by atoms with van der Waals surface area (Å²) in [4.78, 5) is 27.4. The number of aliphatic hydroxyl groups excluding tert-OH is 1. The van der Waals surface area contributed by atoms with Crippen LogP contribution in [0.5, 0.6) is 5.75 Å². The number of ether oxygens (including phenoxy) is 1. The highest BCUT2D eigenvalue weighted by Crippen LogP contribution is 2.42. The van der Waals surface area contributed by atoms with E-state index in [0.717, 1.165) is 0 Å². The first-order chi connectivity index (χ1) is 14.5. The molecule has 6 heteroatoms. The number of aliphatic hydroxyl groups is 1. The number of nitrogens with zero attached hydrogens (tertiary/aromatic N) is 1. The normalized spacial score (nSPS) is 17.9. The summed E-state index contributed by atoms with van der Waals surface area (Å²) in [5.74, 6) is -1.06. The highest BCUT2D eigenvalue weighted by Gasteiger charge is 2.47. The maximum Gasteiger partial charge on any atom is 0.300 e. The third-order valence-corrected chi connectivity index (χ3v) is 5.24. The Labute approximate surface area is 178 Å². The second-order valence-corrected chi connectivity index (χ2v) is 7.22. The maximum absolute atomic E-state index is 13.0. The van der Waals surface area contributed by atoms with E-state index in [1.54, 1.807) is 79.9 Å². The lowest BCUT2D eigenvalue weighted by atomic mass is 9.95. The van der Waals surface area contributed by atoms with E-state index in [2.05, 4.69) is 0 Å². The molecule has 0 bridgehead atoms. The molecule has 1 saturated heterocycles. The second-order valence-electron chi connectivity index (χ2n) is 6.79. The molecule has 30 heavy (non-hydrogen) atoms. The van der Waals surface area contributed by atoms with Crippen molar-refractivity contribution < 1.29 is 19.4 Å². The highest BCUT2D eigenvalue weighted by molar-refractivity contribution is 6.51. The summed E-state index contributed by atoms with van der Waals surface area (Å²) in [5.41, 5.74) is 1.61. The number of ketones is 1. The Balaban J connectivity index is 1.94. The van der Waals surface area contributed by atoms with Gasteiger partial charge >= 0.3 is 0 Å². The van der Waals surface area contributed by atoms with E-state index in [-0.39, 0.29) is 11.3 Å². The minimum Gasteiger partial charge on any atom is -0.507 e. The van der Waals surface area contributed by atoms with Crippen molar-refractivity contribution in [2.75, 3.05) is 12.0 Å². The lowest BCUT2D eigenvalue weighted by molar-refractivity contribution is -0.132. The smallest absolute Gasteiger partial charge is 0.300 e. The van der Waals surface area contributed by atoms with Gasteiger partial charge in [0.1, 0.15) is 11.5 Å². The zero-order valence-corrected chi connectivity index (χ0v) is 16.8. The fourth-order valence-electron chi connectivity index (χ4n) is 3.58. The summed E-state index contributed by atoms with van der Waals surface area (Å²) < 4.78 is 5.22. The van der Waals surface area contributed by atoms with Crippen LogP contribution in [0.1, 0.15) is 17.2 Å². The minimum absolute atomic E-state index is 0.0244. The molecule has 150 valence electrons. The molecule has 1 N–H and O–H groups in total. The first-order valence-corrected chi connectivity index (χ1v) is 9.65. The number of benzene rings is 3. The molecule has 0 spiro atoms. The van der Waals surface area contributed by atoms with Crippen LogP contribution in [0.4, 0.5) is 5.69 Å². The molecule has 5 nitrogen and oxygen atoms in total. The molecule has 1 amide bonds. The van der Waals surface area contributed by atoms with Crippen LogP contribution in [0.3, 0.4) is 0 Å². The van der Waals surface area contributed by atoms with E-state index in [1.165, 1.54) is 4.90 Å². The third-order valence-electron chi connectivity index (χ3n) is 5.01. The van der Waals surface area contributed by atoms with Crippen molar-refractivity contribution in [3.05, 3.63) is 101 Å². The zero-order valence-electron chi connectivity index (χ0n) is 16.1. The molecule has 0 aliphatic carbocycles. The number of anilines is 1. The Kier molecular flexibility index (Phi) is 5.29. The zero-order chi connectivity index (χ0) is 21.3. The number of carbonyl (C=O) groups excluding carboxylic acids is 2. The minimum atomic E-state index is -0.811. The molecule has 0 unspecified atom stereocenters. The van der Waals surface area contributed by atoms with Crippen molar-refractivity contribution in [2.24, 2.45) is 0 Å². The largest absolute Gasteiger partial charge is 0.507 e. The van der Waals surface area contributed by atoms with Crippen LogP contribution in [0.15, 0.2) is 84.4 Å². The van der Waals surface area contributed by atoms with Gasteiger partial charge in [0.05, 0.1) is 18.7 Å². The summed E-state index contributed by atoms with van der Waals surface area (Å²) in [6.45, 7) is 0. The molecule has 0 saturated carbocycles. The van der Waals surface area contributed by atoms with Gasteiger partial charge in [-0.05, 0) is 35.9 Å². The first-order valence-electron chi connectivity index (χ1n) is 9.27. The van der Waals surface area contributed by atoms with Crippen LogP contribution in [-0.4, -0.2) is 23.9 Å². The molecule has 1 fully saturated rings. The number of amides is 1. The fraction of sp³-hybridized carbons (Fsp3) is 0.0833. The molecule has 0 radical (unpaired) electrons. The van der Waals surface area contributed by atoms with E-state index in [4.69, 9.17) is 16.3 Å². The Morgan fingerprint density at radius 1 is 0.967 bits per heavy atom. The fourth-order valence-corrected chi connectivity index (χ4v) is 3.76. The molecule has 1 heterocycles. The van der Waals surface area contributed by atoms with E-state index in [1.807, 2.05) is 6.07 Å². The van der Waals surface area contributed by atoms with Crippen LogP contribution in [0, 0.1) is 0 Å². The number of halogens is 1. The van der Waals surface area contributed by atoms with Gasteiger partial charge in [0.2, 0.25) is 0 Å². The highest BCUT2D eigenvalue weighted by atomic mass is 35.5. The standard InChI is InChI=1S/C24H18ClNO4/c1-30-19-12-10-15(11-13-19)21-20(22(27)16-6-3-2-4-7-16)23(28)24(29)26(21)18-9-5-8-17(25)14-18/h2-14,21,27H,1H3/t21-/m1/s1. The van der Waals surface area contributed by atoms with Crippen LogP contribution in [0.25, 0.3) is 5.76 Å². The number of hydrogen-bond donors (Lipinski definition) is 1. The Hall–Kier alpha value is -3.57. The summed E-state index contributed by atoms with van der Waals surface area (Å²) in [7, 11) is 1.56. The van der Waals surface area contributed by atoms with E-state index in [0.29, 0.717) is 27.6 Å². The van der Waals surface area contributed by atoms with Gasteiger partial charge in [-0.2, -0.15) is 0 Å². The predicted octanol–water partition coefficient (Wildman–Crippen LogP) is 4.97.